The molecule has 3 rings (SSSR count). The summed E-state index contributed by atoms with van der Waals surface area (Å²) in [5.41, 5.74) is 2.69. The molecule has 25 heavy (non-hydrogen) atoms. The highest BCUT2D eigenvalue weighted by molar-refractivity contribution is 6.53. The Morgan fingerprint density at radius 3 is 2.16 bits per heavy atom. The highest BCUT2D eigenvalue weighted by Crippen LogP contribution is 2.33. The van der Waals surface area contributed by atoms with Crippen molar-refractivity contribution >= 4 is 58.0 Å². The zero-order valence-corrected chi connectivity index (χ0v) is 15.6. The minimum Gasteiger partial charge on any atom is -0.350 e. The lowest BCUT2D eigenvalue weighted by Crippen LogP contribution is -2.32. The van der Waals surface area contributed by atoms with Gasteiger partial charge in [0.05, 0.1) is 5.69 Å². The molecule has 0 spiro atoms. The summed E-state index contributed by atoms with van der Waals surface area (Å²) in [6, 6.07) is 10.3. The van der Waals surface area contributed by atoms with Crippen LogP contribution in [0.1, 0.15) is 11.1 Å². The van der Waals surface area contributed by atoms with Gasteiger partial charge in [-0.25, -0.2) is 4.90 Å². The van der Waals surface area contributed by atoms with E-state index in [-0.39, 0.29) is 10.7 Å². The zero-order chi connectivity index (χ0) is 18.3. The minimum atomic E-state index is -0.573. The Kier molecular flexibility index (Phi) is 4.78. The summed E-state index contributed by atoms with van der Waals surface area (Å²) in [4.78, 5) is 26.4. The molecular formula is C18H13Cl3N2O2. The van der Waals surface area contributed by atoms with Crippen molar-refractivity contribution in [1.82, 2.24) is 0 Å². The third-order valence-electron chi connectivity index (χ3n) is 3.76. The summed E-state index contributed by atoms with van der Waals surface area (Å²) >= 11 is 18.1. The van der Waals surface area contributed by atoms with Gasteiger partial charge in [0.15, 0.2) is 0 Å². The molecule has 1 N–H and O–H groups in total. The Morgan fingerprint density at radius 2 is 1.52 bits per heavy atom. The molecule has 0 fully saturated rings. The van der Waals surface area contributed by atoms with Gasteiger partial charge in [-0.15, -0.1) is 0 Å². The molecule has 0 saturated heterocycles. The van der Waals surface area contributed by atoms with Crippen molar-refractivity contribution in [3.05, 3.63) is 68.3 Å². The van der Waals surface area contributed by atoms with Crippen molar-refractivity contribution < 1.29 is 9.59 Å². The molecule has 0 aromatic heterocycles. The molecule has 1 aliphatic rings. The second kappa shape index (κ2) is 6.71. The zero-order valence-electron chi connectivity index (χ0n) is 13.4. The maximum absolute atomic E-state index is 12.8. The van der Waals surface area contributed by atoms with Gasteiger partial charge in [-0.1, -0.05) is 46.9 Å². The maximum Gasteiger partial charge on any atom is 0.283 e. The molecule has 1 heterocycles. The van der Waals surface area contributed by atoms with Gasteiger partial charge in [-0.05, 0) is 49.2 Å². The first-order valence-corrected chi connectivity index (χ1v) is 8.50. The number of carbonyl (C=O) groups is 2. The van der Waals surface area contributed by atoms with Crippen LogP contribution < -0.4 is 10.2 Å². The lowest BCUT2D eigenvalue weighted by atomic mass is 10.1. The van der Waals surface area contributed by atoms with Crippen LogP contribution in [0.4, 0.5) is 11.4 Å². The summed E-state index contributed by atoms with van der Waals surface area (Å²) < 4.78 is 0. The number of benzene rings is 2. The molecular weight excluding hydrogens is 383 g/mol. The van der Waals surface area contributed by atoms with E-state index in [1.165, 1.54) is 0 Å². The van der Waals surface area contributed by atoms with Gasteiger partial charge < -0.3 is 5.32 Å². The van der Waals surface area contributed by atoms with Crippen molar-refractivity contribution in [3.8, 4) is 0 Å². The van der Waals surface area contributed by atoms with E-state index in [0.717, 1.165) is 16.0 Å². The van der Waals surface area contributed by atoms with Crippen molar-refractivity contribution in [2.45, 2.75) is 13.8 Å². The van der Waals surface area contributed by atoms with Crippen molar-refractivity contribution in [1.29, 1.82) is 0 Å². The second-order valence-corrected chi connectivity index (χ2v) is 6.96. The molecule has 2 amide bonds. The monoisotopic (exact) mass is 394 g/mol. The maximum atomic E-state index is 12.8. The van der Waals surface area contributed by atoms with E-state index in [1.807, 2.05) is 26.0 Å². The van der Waals surface area contributed by atoms with Crippen LogP contribution in [-0.4, -0.2) is 11.8 Å². The van der Waals surface area contributed by atoms with Crippen LogP contribution in [-0.2, 0) is 9.59 Å². The van der Waals surface area contributed by atoms with Crippen LogP contribution in [0.15, 0.2) is 47.1 Å². The van der Waals surface area contributed by atoms with E-state index in [2.05, 4.69) is 5.32 Å². The number of carbonyl (C=O) groups excluding carboxylic acids is 2. The second-order valence-electron chi connectivity index (χ2n) is 5.71. The molecule has 0 bridgehead atoms. The topological polar surface area (TPSA) is 49.4 Å². The van der Waals surface area contributed by atoms with Crippen LogP contribution in [0.2, 0.25) is 10.0 Å². The highest BCUT2D eigenvalue weighted by Gasteiger charge is 2.39. The lowest BCUT2D eigenvalue weighted by molar-refractivity contribution is -0.120. The molecule has 1 aliphatic heterocycles. The van der Waals surface area contributed by atoms with Gasteiger partial charge in [-0.2, -0.15) is 0 Å². The number of nitrogens with one attached hydrogen (secondary N) is 1. The number of rotatable bonds is 3. The minimum absolute atomic E-state index is 0.00842. The van der Waals surface area contributed by atoms with Crippen molar-refractivity contribution in [2.24, 2.45) is 0 Å². The molecule has 2 aromatic carbocycles. The SMILES string of the molecule is Cc1ccc(C)c(N2C(=O)C(Cl)=C(Nc3cc(Cl)cc(Cl)c3)C2=O)c1. The Hall–Kier alpha value is -2.01. The fraction of sp³-hybridized carbons (Fsp3) is 0.111. The number of hydrogen-bond donors (Lipinski definition) is 1. The van der Waals surface area contributed by atoms with Gasteiger partial charge in [0, 0.05) is 15.7 Å². The van der Waals surface area contributed by atoms with Gasteiger partial charge in [0.1, 0.15) is 10.7 Å². The fourth-order valence-electron chi connectivity index (χ4n) is 2.56. The first-order valence-electron chi connectivity index (χ1n) is 7.37. The largest absolute Gasteiger partial charge is 0.350 e. The number of nitrogens with zero attached hydrogens (tertiary/aromatic N) is 1. The molecule has 2 aromatic rings. The van der Waals surface area contributed by atoms with Crippen LogP contribution in [0, 0.1) is 13.8 Å². The lowest BCUT2D eigenvalue weighted by Gasteiger charge is -2.18. The van der Waals surface area contributed by atoms with Crippen LogP contribution in [0.5, 0.6) is 0 Å². The van der Waals surface area contributed by atoms with E-state index in [4.69, 9.17) is 34.8 Å². The highest BCUT2D eigenvalue weighted by atomic mass is 35.5. The quantitative estimate of drug-likeness (QED) is 0.740. The fourth-order valence-corrected chi connectivity index (χ4v) is 3.30. The number of hydrogen-bond acceptors (Lipinski definition) is 3. The summed E-state index contributed by atoms with van der Waals surface area (Å²) in [5.74, 6) is -1.10. The van der Waals surface area contributed by atoms with E-state index in [0.29, 0.717) is 21.4 Å². The van der Waals surface area contributed by atoms with E-state index in [9.17, 15) is 9.59 Å². The number of amides is 2. The summed E-state index contributed by atoms with van der Waals surface area (Å²) in [5, 5.41) is 3.47. The van der Waals surface area contributed by atoms with Gasteiger partial charge in [-0.3, -0.25) is 9.59 Å². The first kappa shape index (κ1) is 17.8. The van der Waals surface area contributed by atoms with Crippen LogP contribution in [0.3, 0.4) is 0 Å². The molecule has 0 atom stereocenters. The van der Waals surface area contributed by atoms with Gasteiger partial charge in [0.2, 0.25) is 0 Å². The first-order chi connectivity index (χ1) is 11.8. The molecule has 128 valence electrons. The molecule has 0 aliphatic carbocycles. The number of aryl methyl sites for hydroxylation is 2. The normalized spacial score (nSPS) is 14.5. The number of imide groups is 1. The van der Waals surface area contributed by atoms with E-state index in [1.54, 1.807) is 24.3 Å². The molecule has 0 saturated carbocycles. The van der Waals surface area contributed by atoms with Crippen molar-refractivity contribution in [2.75, 3.05) is 10.2 Å². The van der Waals surface area contributed by atoms with E-state index >= 15 is 0 Å². The van der Waals surface area contributed by atoms with Crippen molar-refractivity contribution in [3.63, 3.8) is 0 Å². The molecule has 7 heteroatoms. The molecule has 0 unspecified atom stereocenters. The standard InChI is InChI=1S/C18H13Cl3N2O2/c1-9-3-4-10(2)14(5-9)23-17(24)15(21)16(18(23)25)22-13-7-11(19)6-12(20)8-13/h3-8,22H,1-2H3. The number of anilines is 2. The smallest absolute Gasteiger partial charge is 0.283 e. The van der Waals surface area contributed by atoms with Crippen LogP contribution >= 0.6 is 34.8 Å². The van der Waals surface area contributed by atoms with Gasteiger partial charge in [0.25, 0.3) is 11.8 Å². The molecule has 4 nitrogen and oxygen atoms in total. The predicted molar refractivity (Wildman–Crippen MR) is 101 cm³/mol. The predicted octanol–water partition coefficient (Wildman–Crippen LogP) is 5.05. The average Bonchev–Trinajstić information content (AvgIpc) is 2.73. The Balaban J connectivity index is 1.98. The Bertz CT molecular complexity index is 918. The third-order valence-corrected chi connectivity index (χ3v) is 4.55. The third kappa shape index (κ3) is 3.38. The molecule has 0 radical (unpaired) electrons. The summed E-state index contributed by atoms with van der Waals surface area (Å²) in [6.45, 7) is 3.71. The van der Waals surface area contributed by atoms with Crippen LogP contribution in [0.25, 0.3) is 0 Å². The van der Waals surface area contributed by atoms with E-state index < -0.39 is 11.8 Å². The Morgan fingerprint density at radius 1 is 0.880 bits per heavy atom. The summed E-state index contributed by atoms with van der Waals surface area (Å²) in [7, 11) is 0. The van der Waals surface area contributed by atoms with Gasteiger partial charge >= 0.3 is 0 Å². The Labute approximate surface area is 160 Å². The summed E-state index contributed by atoms with van der Waals surface area (Å²) in [6.07, 6.45) is 0. The average molecular weight is 396 g/mol. The number of halogens is 3.